The Morgan fingerprint density at radius 1 is 1.54 bits per heavy atom. The normalized spacial score (nSPS) is 31.7. The molecule has 1 N–H and O–H groups in total. The number of carbonyl (C=O) groups excluding carboxylic acids is 1. The average molecular weight is 186 g/mol. The van der Waals surface area contributed by atoms with Crippen LogP contribution in [-0.4, -0.2) is 17.9 Å². The second-order valence-electron chi connectivity index (χ2n) is 4.44. The molecule has 2 atom stereocenters. The van der Waals surface area contributed by atoms with Gasteiger partial charge in [0.2, 0.25) is 0 Å². The van der Waals surface area contributed by atoms with Gasteiger partial charge in [-0.05, 0) is 24.2 Å². The first kappa shape index (κ1) is 10.5. The van der Waals surface area contributed by atoms with Gasteiger partial charge in [-0.2, -0.15) is 0 Å². The van der Waals surface area contributed by atoms with Crippen LogP contribution in [0.2, 0.25) is 0 Å². The largest absolute Gasteiger partial charge is 0.438 e. The lowest BCUT2D eigenvalue weighted by molar-refractivity contribution is -0.160. The number of esters is 1. The van der Waals surface area contributed by atoms with E-state index in [0.717, 1.165) is 12.8 Å². The molecule has 1 rings (SSSR count). The Bertz CT molecular complexity index is 198. The number of hydrogen-bond donors (Lipinski definition) is 1. The van der Waals surface area contributed by atoms with Crippen LogP contribution in [0, 0.1) is 17.3 Å². The second kappa shape index (κ2) is 3.66. The van der Waals surface area contributed by atoms with Crippen LogP contribution in [0.4, 0.5) is 0 Å². The van der Waals surface area contributed by atoms with E-state index in [0.29, 0.717) is 5.92 Å². The number of rotatable bonds is 2. The van der Waals surface area contributed by atoms with Crippen LogP contribution >= 0.6 is 0 Å². The average Bonchev–Trinajstić information content (AvgIpc) is 2.28. The Labute approximate surface area is 79.1 Å². The van der Waals surface area contributed by atoms with E-state index in [1.165, 1.54) is 0 Å². The molecule has 1 aliphatic carbocycles. The van der Waals surface area contributed by atoms with Gasteiger partial charge in [0.05, 0.1) is 5.92 Å². The van der Waals surface area contributed by atoms with Gasteiger partial charge in [-0.15, -0.1) is 0 Å². The maximum absolute atomic E-state index is 11.4. The van der Waals surface area contributed by atoms with Gasteiger partial charge < -0.3 is 9.84 Å². The van der Waals surface area contributed by atoms with E-state index in [4.69, 9.17) is 5.11 Å². The van der Waals surface area contributed by atoms with Crippen molar-refractivity contribution in [2.24, 2.45) is 17.3 Å². The molecule has 0 spiro atoms. The van der Waals surface area contributed by atoms with Gasteiger partial charge in [0.15, 0.2) is 6.79 Å². The third-order valence-electron chi connectivity index (χ3n) is 3.55. The van der Waals surface area contributed by atoms with Crippen LogP contribution < -0.4 is 0 Å². The molecular formula is C10H18O3. The van der Waals surface area contributed by atoms with Crippen LogP contribution in [0.3, 0.4) is 0 Å². The van der Waals surface area contributed by atoms with Crippen molar-refractivity contribution in [3.8, 4) is 0 Å². The molecule has 3 heteroatoms. The van der Waals surface area contributed by atoms with Gasteiger partial charge in [-0.1, -0.05) is 20.8 Å². The molecule has 0 bridgehead atoms. The molecule has 2 unspecified atom stereocenters. The highest BCUT2D eigenvalue weighted by Gasteiger charge is 2.45. The molecule has 1 aliphatic rings. The molecule has 76 valence electrons. The monoisotopic (exact) mass is 186 g/mol. The van der Waals surface area contributed by atoms with E-state index in [9.17, 15) is 4.79 Å². The molecule has 0 saturated heterocycles. The fraction of sp³-hybridized carbons (Fsp3) is 0.900. The summed E-state index contributed by atoms with van der Waals surface area (Å²) in [5.74, 6) is 0.246. The first-order valence-corrected chi connectivity index (χ1v) is 4.77. The lowest BCUT2D eigenvalue weighted by Crippen LogP contribution is -2.31. The number of hydrogen-bond acceptors (Lipinski definition) is 3. The highest BCUT2D eigenvalue weighted by Crippen LogP contribution is 2.47. The maximum atomic E-state index is 11.4. The Hall–Kier alpha value is -0.570. The molecule has 1 saturated carbocycles. The van der Waals surface area contributed by atoms with Crippen molar-refractivity contribution >= 4 is 5.97 Å². The Balaban J connectivity index is 2.66. The van der Waals surface area contributed by atoms with Gasteiger partial charge >= 0.3 is 5.97 Å². The predicted octanol–water partition coefficient (Wildman–Crippen LogP) is 1.55. The quantitative estimate of drug-likeness (QED) is 0.525. The van der Waals surface area contributed by atoms with Gasteiger partial charge in [-0.3, -0.25) is 4.79 Å². The topological polar surface area (TPSA) is 46.5 Å². The molecule has 0 aromatic carbocycles. The minimum Gasteiger partial charge on any atom is -0.438 e. The lowest BCUT2D eigenvalue weighted by atomic mass is 9.76. The highest BCUT2D eigenvalue weighted by atomic mass is 16.6. The highest BCUT2D eigenvalue weighted by molar-refractivity contribution is 5.73. The van der Waals surface area contributed by atoms with Crippen molar-refractivity contribution in [1.29, 1.82) is 0 Å². The summed E-state index contributed by atoms with van der Waals surface area (Å²) in [4.78, 5) is 11.4. The van der Waals surface area contributed by atoms with Crippen LogP contribution in [0.5, 0.6) is 0 Å². The lowest BCUT2D eigenvalue weighted by Gasteiger charge is -2.29. The molecule has 0 amide bonds. The molecule has 13 heavy (non-hydrogen) atoms. The van der Waals surface area contributed by atoms with Gasteiger partial charge in [0.25, 0.3) is 0 Å². The number of aliphatic hydroxyl groups is 1. The standard InChI is InChI=1S/C10H18O3/c1-7-4-5-8(10(7,2)3)9(12)13-6-11/h7-8,11H,4-6H2,1-3H3. The molecule has 0 aromatic heterocycles. The summed E-state index contributed by atoms with van der Waals surface area (Å²) in [6.45, 7) is 5.84. The summed E-state index contributed by atoms with van der Waals surface area (Å²) in [6.07, 6.45) is 1.95. The molecule has 0 radical (unpaired) electrons. The van der Waals surface area contributed by atoms with Crippen molar-refractivity contribution in [2.45, 2.75) is 33.6 Å². The van der Waals surface area contributed by atoms with Gasteiger partial charge in [0.1, 0.15) is 0 Å². The molecular weight excluding hydrogens is 168 g/mol. The fourth-order valence-corrected chi connectivity index (χ4v) is 2.09. The van der Waals surface area contributed by atoms with Crippen molar-refractivity contribution in [3.63, 3.8) is 0 Å². The smallest absolute Gasteiger partial charge is 0.311 e. The van der Waals surface area contributed by atoms with Crippen LogP contribution in [-0.2, 0) is 9.53 Å². The Morgan fingerprint density at radius 3 is 2.54 bits per heavy atom. The molecule has 0 aromatic rings. The Kier molecular flexibility index (Phi) is 2.96. The third kappa shape index (κ3) is 1.85. The summed E-state index contributed by atoms with van der Waals surface area (Å²) in [7, 11) is 0. The van der Waals surface area contributed by atoms with E-state index < -0.39 is 6.79 Å². The van der Waals surface area contributed by atoms with Crippen molar-refractivity contribution in [3.05, 3.63) is 0 Å². The first-order chi connectivity index (χ1) is 6.00. The van der Waals surface area contributed by atoms with Crippen molar-refractivity contribution in [2.75, 3.05) is 6.79 Å². The van der Waals surface area contributed by atoms with E-state index in [1.807, 2.05) is 0 Å². The second-order valence-corrected chi connectivity index (χ2v) is 4.44. The van der Waals surface area contributed by atoms with Crippen LogP contribution in [0.25, 0.3) is 0 Å². The van der Waals surface area contributed by atoms with Crippen LogP contribution in [0.1, 0.15) is 33.6 Å². The fourth-order valence-electron chi connectivity index (χ4n) is 2.09. The van der Waals surface area contributed by atoms with Gasteiger partial charge in [0, 0.05) is 0 Å². The summed E-state index contributed by atoms with van der Waals surface area (Å²) >= 11 is 0. The van der Waals surface area contributed by atoms with Crippen molar-refractivity contribution in [1.82, 2.24) is 0 Å². The third-order valence-corrected chi connectivity index (χ3v) is 3.55. The van der Waals surface area contributed by atoms with E-state index >= 15 is 0 Å². The summed E-state index contributed by atoms with van der Waals surface area (Å²) in [5.41, 5.74) is 0.00620. The zero-order valence-electron chi connectivity index (χ0n) is 8.54. The zero-order valence-corrected chi connectivity index (χ0v) is 8.54. The van der Waals surface area contributed by atoms with E-state index in [1.54, 1.807) is 0 Å². The Morgan fingerprint density at radius 2 is 2.15 bits per heavy atom. The van der Waals surface area contributed by atoms with Gasteiger partial charge in [-0.25, -0.2) is 0 Å². The predicted molar refractivity (Wildman–Crippen MR) is 48.8 cm³/mol. The molecule has 3 nitrogen and oxygen atoms in total. The number of aliphatic hydroxyl groups excluding tert-OH is 1. The zero-order chi connectivity index (χ0) is 10.1. The van der Waals surface area contributed by atoms with Crippen LogP contribution in [0.15, 0.2) is 0 Å². The minimum atomic E-state index is -0.500. The van der Waals surface area contributed by atoms with Crippen molar-refractivity contribution < 1.29 is 14.6 Å². The SMILES string of the molecule is CC1CCC(C(=O)OCO)C1(C)C. The summed E-state index contributed by atoms with van der Waals surface area (Å²) in [6, 6.07) is 0. The minimum absolute atomic E-state index is 0.00620. The number of ether oxygens (including phenoxy) is 1. The van der Waals surface area contributed by atoms with E-state index in [-0.39, 0.29) is 17.3 Å². The summed E-state index contributed by atoms with van der Waals surface area (Å²) < 4.78 is 4.63. The summed E-state index contributed by atoms with van der Waals surface area (Å²) in [5, 5.41) is 8.49. The van der Waals surface area contributed by atoms with E-state index in [2.05, 4.69) is 25.5 Å². The molecule has 0 aliphatic heterocycles. The molecule has 1 fully saturated rings. The first-order valence-electron chi connectivity index (χ1n) is 4.77. The number of carbonyl (C=O) groups is 1. The molecule has 0 heterocycles. The maximum Gasteiger partial charge on any atom is 0.311 e.